The van der Waals surface area contributed by atoms with Crippen LogP contribution >= 0.6 is 15.6 Å². The van der Waals surface area contributed by atoms with Gasteiger partial charge in [-0.25, -0.2) is 9.13 Å². The molecule has 0 aromatic heterocycles. The zero-order valence-electron chi connectivity index (χ0n) is 66.9. The van der Waals surface area contributed by atoms with E-state index in [0.29, 0.717) is 25.7 Å². The number of esters is 4. The Kier molecular flexibility index (Phi) is 73.1. The van der Waals surface area contributed by atoms with Gasteiger partial charge in [-0.1, -0.05) is 388 Å². The van der Waals surface area contributed by atoms with Crippen molar-refractivity contribution < 1.29 is 80.2 Å². The molecule has 3 N–H and O–H groups in total. The molecule has 17 nitrogen and oxygen atoms in total. The highest BCUT2D eigenvalue weighted by atomic mass is 31.2. The van der Waals surface area contributed by atoms with E-state index in [4.69, 9.17) is 37.0 Å². The molecule has 0 rings (SSSR count). The number of phosphoric ester groups is 2. The maximum absolute atomic E-state index is 13.1. The van der Waals surface area contributed by atoms with E-state index in [-0.39, 0.29) is 25.7 Å². The van der Waals surface area contributed by atoms with E-state index in [1.54, 1.807) is 0 Å². The molecule has 0 fully saturated rings. The van der Waals surface area contributed by atoms with Gasteiger partial charge in [-0.2, -0.15) is 0 Å². The zero-order chi connectivity index (χ0) is 74.9. The van der Waals surface area contributed by atoms with E-state index < -0.39 is 97.5 Å². The van der Waals surface area contributed by atoms with Crippen LogP contribution in [0.15, 0.2) is 0 Å². The number of unbranched alkanes of at least 4 members (excludes halogenated alkanes) is 52. The van der Waals surface area contributed by atoms with Crippen molar-refractivity contribution in [2.45, 2.75) is 458 Å². The van der Waals surface area contributed by atoms with Gasteiger partial charge in [0.15, 0.2) is 12.2 Å². The van der Waals surface area contributed by atoms with Gasteiger partial charge in [0, 0.05) is 25.7 Å². The van der Waals surface area contributed by atoms with E-state index in [0.717, 1.165) is 102 Å². The van der Waals surface area contributed by atoms with Crippen molar-refractivity contribution >= 4 is 39.5 Å². The van der Waals surface area contributed by atoms with Crippen LogP contribution in [0.1, 0.15) is 440 Å². The highest BCUT2D eigenvalue weighted by Gasteiger charge is 2.30. The van der Waals surface area contributed by atoms with Gasteiger partial charge in [0.25, 0.3) is 0 Å². The average Bonchev–Trinajstić information content (AvgIpc) is 1.14. The van der Waals surface area contributed by atoms with Crippen LogP contribution in [0.2, 0.25) is 0 Å². The molecule has 606 valence electrons. The minimum Gasteiger partial charge on any atom is -0.462 e. The summed E-state index contributed by atoms with van der Waals surface area (Å²) in [5.74, 6) is -0.558. The van der Waals surface area contributed by atoms with Crippen LogP contribution in [-0.4, -0.2) is 96.7 Å². The van der Waals surface area contributed by atoms with Crippen molar-refractivity contribution in [1.82, 2.24) is 0 Å². The van der Waals surface area contributed by atoms with E-state index in [1.807, 2.05) is 0 Å². The number of aliphatic hydroxyl groups is 1. The van der Waals surface area contributed by atoms with Gasteiger partial charge in [-0.05, 0) is 37.5 Å². The molecule has 0 saturated carbocycles. The largest absolute Gasteiger partial charge is 0.472 e. The molecule has 102 heavy (non-hydrogen) atoms. The minimum absolute atomic E-state index is 0.108. The molecule has 0 bridgehead atoms. The van der Waals surface area contributed by atoms with Crippen LogP contribution in [0.4, 0.5) is 0 Å². The first kappa shape index (κ1) is 100. The Balaban J connectivity index is 5.23. The quantitative estimate of drug-likeness (QED) is 0.0222. The fourth-order valence-electron chi connectivity index (χ4n) is 12.9. The van der Waals surface area contributed by atoms with Gasteiger partial charge < -0.3 is 33.8 Å². The van der Waals surface area contributed by atoms with Crippen LogP contribution in [0, 0.1) is 11.8 Å². The lowest BCUT2D eigenvalue weighted by molar-refractivity contribution is -0.161. The number of phosphoric acid groups is 2. The first-order valence-corrected chi connectivity index (χ1v) is 46.0. The number of carbonyl (C=O) groups excluding carboxylic acids is 4. The van der Waals surface area contributed by atoms with E-state index in [2.05, 4.69) is 41.5 Å². The number of rotatable bonds is 82. The molecule has 19 heteroatoms. The summed E-state index contributed by atoms with van der Waals surface area (Å²) >= 11 is 0. The second-order valence-electron chi connectivity index (χ2n) is 30.8. The third-order valence-corrected chi connectivity index (χ3v) is 21.4. The molecule has 0 aliphatic rings. The van der Waals surface area contributed by atoms with Crippen molar-refractivity contribution in [2.75, 3.05) is 39.6 Å². The second-order valence-corrected chi connectivity index (χ2v) is 33.7. The Morgan fingerprint density at radius 3 is 0.667 bits per heavy atom. The highest BCUT2D eigenvalue weighted by Crippen LogP contribution is 2.45. The van der Waals surface area contributed by atoms with E-state index in [1.165, 1.54) is 257 Å². The number of aliphatic hydroxyl groups excluding tert-OH is 1. The first-order valence-electron chi connectivity index (χ1n) is 43.0. The lowest BCUT2D eigenvalue weighted by atomic mass is 10.0. The number of hydrogen-bond acceptors (Lipinski definition) is 15. The molecule has 0 aliphatic heterocycles. The summed E-state index contributed by atoms with van der Waals surface area (Å²) in [5, 5.41) is 10.7. The Morgan fingerprint density at radius 1 is 0.265 bits per heavy atom. The molecule has 0 spiro atoms. The predicted molar refractivity (Wildman–Crippen MR) is 418 cm³/mol. The predicted octanol–water partition coefficient (Wildman–Crippen LogP) is 25.1. The van der Waals surface area contributed by atoms with Gasteiger partial charge in [-0.15, -0.1) is 0 Å². The Labute approximate surface area is 626 Å². The van der Waals surface area contributed by atoms with Gasteiger partial charge in [0.1, 0.15) is 19.3 Å². The third-order valence-electron chi connectivity index (χ3n) is 19.5. The number of carbonyl (C=O) groups is 4. The lowest BCUT2D eigenvalue weighted by Gasteiger charge is -2.21. The van der Waals surface area contributed by atoms with Crippen molar-refractivity contribution in [2.24, 2.45) is 11.8 Å². The Hall–Kier alpha value is -1.94. The van der Waals surface area contributed by atoms with Gasteiger partial charge in [0.2, 0.25) is 0 Å². The molecule has 0 aliphatic carbocycles. The number of ether oxygens (including phenoxy) is 4. The van der Waals surface area contributed by atoms with Crippen molar-refractivity contribution in [3.8, 4) is 0 Å². The van der Waals surface area contributed by atoms with Gasteiger partial charge >= 0.3 is 39.5 Å². The zero-order valence-corrected chi connectivity index (χ0v) is 68.7. The summed E-state index contributed by atoms with van der Waals surface area (Å²) in [4.78, 5) is 73.1. The van der Waals surface area contributed by atoms with Crippen LogP contribution < -0.4 is 0 Å². The highest BCUT2D eigenvalue weighted by molar-refractivity contribution is 7.47. The van der Waals surface area contributed by atoms with Crippen molar-refractivity contribution in [1.29, 1.82) is 0 Å². The molecule has 0 saturated heterocycles. The van der Waals surface area contributed by atoms with E-state index in [9.17, 15) is 43.2 Å². The summed E-state index contributed by atoms with van der Waals surface area (Å²) in [6, 6.07) is 0. The van der Waals surface area contributed by atoms with Crippen molar-refractivity contribution in [3.05, 3.63) is 0 Å². The fraction of sp³-hybridized carbons (Fsp3) is 0.952. The summed E-state index contributed by atoms with van der Waals surface area (Å²) in [6.45, 7) is 9.66. The van der Waals surface area contributed by atoms with Crippen molar-refractivity contribution in [3.63, 3.8) is 0 Å². The number of hydrogen-bond donors (Lipinski definition) is 3. The fourth-order valence-corrected chi connectivity index (χ4v) is 14.5. The van der Waals surface area contributed by atoms with Crippen LogP contribution in [0.25, 0.3) is 0 Å². The topological polar surface area (TPSA) is 237 Å². The van der Waals surface area contributed by atoms with Crippen LogP contribution in [-0.2, 0) is 65.4 Å². The summed E-state index contributed by atoms with van der Waals surface area (Å²) in [6.07, 6.45) is 65.2. The molecule has 0 heterocycles. The third kappa shape index (κ3) is 76.3. The van der Waals surface area contributed by atoms with Gasteiger partial charge in [0.05, 0.1) is 26.4 Å². The molecular weight excluding hydrogens is 1330 g/mol. The normalized spacial score (nSPS) is 13.9. The summed E-state index contributed by atoms with van der Waals surface area (Å²) < 4.78 is 68.8. The molecule has 0 amide bonds. The lowest BCUT2D eigenvalue weighted by Crippen LogP contribution is -2.30. The Bertz CT molecular complexity index is 1960. The SMILES string of the molecule is CCCCCCCCCCCCCCCCCC(=O)OC[C@H](COP(=O)(O)OC[C@@H](O)COP(=O)(O)OC[C@@H](COC(=O)CCCCCCCCCCC(C)C)OC(=O)CCCCCCCCCCCCCCCCC)OC(=O)CCCCCCCCCCCCCCCCCCCCC(C)C. The van der Waals surface area contributed by atoms with E-state index >= 15 is 0 Å². The minimum atomic E-state index is -4.96. The van der Waals surface area contributed by atoms with Crippen LogP contribution in [0.3, 0.4) is 0 Å². The molecular formula is C83H162O17P2. The smallest absolute Gasteiger partial charge is 0.462 e. The van der Waals surface area contributed by atoms with Crippen LogP contribution in [0.5, 0.6) is 0 Å². The Morgan fingerprint density at radius 2 is 0.451 bits per heavy atom. The summed E-state index contributed by atoms with van der Waals surface area (Å²) in [5.41, 5.74) is 0. The molecule has 0 aromatic carbocycles. The maximum atomic E-state index is 13.1. The molecule has 5 atom stereocenters. The standard InChI is InChI=1S/C83H162O17P2/c1-7-9-11-13-15-17-19-21-27-32-36-40-47-53-59-65-80(85)93-71-78(99-82(87)68-62-56-50-42-38-34-30-26-24-23-25-29-31-35-39-45-51-57-63-75(3)4)73-97-101(89,90)95-69-77(84)70-96-102(91,92)98-74-79(72-94-81(86)66-60-54-48-44-43-46-52-58-64-76(5)6)100-83(88)67-61-55-49-41-37-33-28-22-20-18-16-14-12-10-8-2/h75-79,84H,7-74H2,1-6H3,(H,89,90)(H,91,92)/t77-,78-,79-/m1/s1. The monoisotopic (exact) mass is 1490 g/mol. The average molecular weight is 1490 g/mol. The maximum Gasteiger partial charge on any atom is 0.472 e. The molecule has 2 unspecified atom stereocenters. The first-order chi connectivity index (χ1) is 49.4. The molecule has 0 aromatic rings. The second kappa shape index (κ2) is 74.5. The summed E-state index contributed by atoms with van der Waals surface area (Å²) in [7, 11) is -9.92. The molecule has 0 radical (unpaired) electrons. The van der Waals surface area contributed by atoms with Gasteiger partial charge in [-0.3, -0.25) is 37.3 Å².